The van der Waals surface area contributed by atoms with Crippen LogP contribution in [0.2, 0.25) is 0 Å². The first-order valence-corrected chi connectivity index (χ1v) is 8.87. The van der Waals surface area contributed by atoms with E-state index >= 15 is 0 Å². The molecule has 2 rings (SSSR count). The highest BCUT2D eigenvalue weighted by Crippen LogP contribution is 2.15. The molecular weight excluding hydrogens is 360 g/mol. The average Bonchev–Trinajstić information content (AvgIpc) is 2.72. The molecule has 0 atom stereocenters. The quantitative estimate of drug-likeness (QED) is 0.707. The summed E-state index contributed by atoms with van der Waals surface area (Å²) in [5, 5.41) is 2.80. The molecule has 7 heteroatoms. The monoisotopic (exact) mass is 384 g/mol. The smallest absolute Gasteiger partial charge is 0.338 e. The summed E-state index contributed by atoms with van der Waals surface area (Å²) in [7, 11) is 3.01. The summed E-state index contributed by atoms with van der Waals surface area (Å²) in [6.45, 7) is 1.41. The van der Waals surface area contributed by atoms with Crippen molar-refractivity contribution in [1.29, 1.82) is 0 Å². The van der Waals surface area contributed by atoms with Crippen LogP contribution in [0.3, 0.4) is 0 Å². The fraction of sp³-hybridized carbons (Fsp3) is 0.286. The number of benzene rings is 2. The second-order valence-electron chi connectivity index (χ2n) is 6.11. The van der Waals surface area contributed by atoms with Crippen LogP contribution in [0.4, 0.5) is 5.69 Å². The third kappa shape index (κ3) is 5.84. The molecule has 0 aliphatic heterocycles. The van der Waals surface area contributed by atoms with E-state index in [0.717, 1.165) is 17.7 Å². The van der Waals surface area contributed by atoms with E-state index in [1.807, 2.05) is 31.2 Å². The van der Waals surface area contributed by atoms with Gasteiger partial charge < -0.3 is 19.7 Å². The second kappa shape index (κ2) is 10.1. The predicted octanol–water partition coefficient (Wildman–Crippen LogP) is 2.51. The van der Waals surface area contributed by atoms with Crippen LogP contribution >= 0.6 is 0 Å². The van der Waals surface area contributed by atoms with Gasteiger partial charge in [0.05, 0.1) is 19.2 Å². The summed E-state index contributed by atoms with van der Waals surface area (Å²) in [4.78, 5) is 37.5. The number of hydrogen-bond donors (Lipinski definition) is 1. The van der Waals surface area contributed by atoms with Gasteiger partial charge in [0, 0.05) is 12.7 Å². The molecule has 148 valence electrons. The van der Waals surface area contributed by atoms with Crippen molar-refractivity contribution in [2.45, 2.75) is 13.3 Å². The largest absolute Gasteiger partial charge is 0.497 e. The fourth-order valence-corrected chi connectivity index (χ4v) is 2.49. The molecule has 0 radical (unpaired) electrons. The molecular formula is C21H24N2O5. The number of esters is 1. The van der Waals surface area contributed by atoms with Crippen molar-refractivity contribution < 1.29 is 23.9 Å². The Balaban J connectivity index is 1.83. The molecule has 0 aliphatic carbocycles. The second-order valence-corrected chi connectivity index (χ2v) is 6.11. The molecule has 0 aliphatic rings. The molecule has 2 amide bonds. The van der Waals surface area contributed by atoms with Crippen LogP contribution in [0.15, 0.2) is 48.5 Å². The van der Waals surface area contributed by atoms with Gasteiger partial charge in [0.1, 0.15) is 5.75 Å². The third-order valence-corrected chi connectivity index (χ3v) is 4.13. The van der Waals surface area contributed by atoms with Crippen molar-refractivity contribution in [3.63, 3.8) is 0 Å². The van der Waals surface area contributed by atoms with E-state index in [2.05, 4.69) is 5.32 Å². The van der Waals surface area contributed by atoms with Gasteiger partial charge in [0.15, 0.2) is 6.61 Å². The standard InChI is InChI=1S/C21H24N2O5/c1-4-15-7-5-6-8-18(15)22-19(24)13-23(2)20(25)14-28-21(26)16-9-11-17(27-3)12-10-16/h5-12H,4,13-14H2,1-3H3,(H,22,24). The highest BCUT2D eigenvalue weighted by atomic mass is 16.5. The van der Waals surface area contributed by atoms with Crippen LogP contribution < -0.4 is 10.1 Å². The van der Waals surface area contributed by atoms with Gasteiger partial charge in [-0.15, -0.1) is 0 Å². The fourth-order valence-electron chi connectivity index (χ4n) is 2.49. The first-order chi connectivity index (χ1) is 13.4. The van der Waals surface area contributed by atoms with E-state index in [0.29, 0.717) is 11.3 Å². The molecule has 0 saturated carbocycles. The maximum Gasteiger partial charge on any atom is 0.338 e. The maximum atomic E-state index is 12.2. The number of likely N-dealkylation sites (N-methyl/N-ethyl adjacent to an activating group) is 1. The van der Waals surface area contributed by atoms with E-state index in [9.17, 15) is 14.4 Å². The van der Waals surface area contributed by atoms with Gasteiger partial charge in [-0.25, -0.2) is 4.79 Å². The third-order valence-electron chi connectivity index (χ3n) is 4.13. The minimum absolute atomic E-state index is 0.142. The number of nitrogens with one attached hydrogen (secondary N) is 1. The number of anilines is 1. The highest BCUT2D eigenvalue weighted by molar-refractivity contribution is 5.96. The van der Waals surface area contributed by atoms with Gasteiger partial charge in [0.25, 0.3) is 5.91 Å². The van der Waals surface area contributed by atoms with E-state index in [4.69, 9.17) is 9.47 Å². The first-order valence-electron chi connectivity index (χ1n) is 8.87. The molecule has 0 fully saturated rings. The number of amides is 2. The lowest BCUT2D eigenvalue weighted by Gasteiger charge is -2.17. The van der Waals surface area contributed by atoms with Crippen molar-refractivity contribution in [1.82, 2.24) is 4.90 Å². The molecule has 28 heavy (non-hydrogen) atoms. The maximum absolute atomic E-state index is 12.2. The summed E-state index contributed by atoms with van der Waals surface area (Å²) in [6.07, 6.45) is 0.784. The van der Waals surface area contributed by atoms with E-state index in [1.165, 1.54) is 19.1 Å². The van der Waals surface area contributed by atoms with Crippen LogP contribution in [0, 0.1) is 0 Å². The number of methoxy groups -OCH3 is 1. The summed E-state index contributed by atoms with van der Waals surface area (Å²) >= 11 is 0. The molecule has 0 bridgehead atoms. The molecule has 0 aromatic heterocycles. The first kappa shape index (κ1) is 21.0. The number of carbonyl (C=O) groups is 3. The lowest BCUT2D eigenvalue weighted by atomic mass is 10.1. The van der Waals surface area contributed by atoms with Crippen LogP contribution in [-0.4, -0.2) is 50.0 Å². The topological polar surface area (TPSA) is 84.9 Å². The Kier molecular flexibility index (Phi) is 7.56. The average molecular weight is 384 g/mol. The summed E-state index contributed by atoms with van der Waals surface area (Å²) in [5.74, 6) is -0.798. The van der Waals surface area contributed by atoms with Crippen LogP contribution in [0.1, 0.15) is 22.8 Å². The van der Waals surface area contributed by atoms with E-state index in [-0.39, 0.29) is 12.5 Å². The van der Waals surface area contributed by atoms with Crippen LogP contribution in [0.25, 0.3) is 0 Å². The van der Waals surface area contributed by atoms with Crippen molar-refractivity contribution in [2.75, 3.05) is 32.6 Å². The number of para-hydroxylation sites is 1. The normalized spacial score (nSPS) is 10.1. The molecule has 0 heterocycles. The predicted molar refractivity (Wildman–Crippen MR) is 105 cm³/mol. The van der Waals surface area contributed by atoms with Crippen molar-refractivity contribution in [3.8, 4) is 5.75 Å². The Labute approximate surface area is 164 Å². The van der Waals surface area contributed by atoms with Gasteiger partial charge in [-0.05, 0) is 42.3 Å². The van der Waals surface area contributed by atoms with Gasteiger partial charge >= 0.3 is 5.97 Å². The molecule has 0 saturated heterocycles. The van der Waals surface area contributed by atoms with E-state index < -0.39 is 18.5 Å². The molecule has 7 nitrogen and oxygen atoms in total. The summed E-state index contributed by atoms with van der Waals surface area (Å²) in [6, 6.07) is 13.8. The summed E-state index contributed by atoms with van der Waals surface area (Å²) in [5.41, 5.74) is 2.05. The highest BCUT2D eigenvalue weighted by Gasteiger charge is 2.16. The number of aryl methyl sites for hydroxylation is 1. The molecule has 1 N–H and O–H groups in total. The lowest BCUT2D eigenvalue weighted by Crippen LogP contribution is -2.37. The molecule has 0 unspecified atom stereocenters. The molecule has 2 aromatic carbocycles. The van der Waals surface area contributed by atoms with Gasteiger partial charge in [-0.1, -0.05) is 25.1 Å². The van der Waals surface area contributed by atoms with Crippen molar-refractivity contribution >= 4 is 23.5 Å². The number of carbonyl (C=O) groups excluding carboxylic acids is 3. The zero-order valence-electron chi connectivity index (χ0n) is 16.2. The number of rotatable bonds is 8. The minimum atomic E-state index is -0.620. The Morgan fingerprint density at radius 3 is 2.36 bits per heavy atom. The van der Waals surface area contributed by atoms with Crippen LogP contribution in [0.5, 0.6) is 5.75 Å². The Morgan fingerprint density at radius 2 is 1.71 bits per heavy atom. The van der Waals surface area contributed by atoms with E-state index in [1.54, 1.807) is 24.3 Å². The number of ether oxygens (including phenoxy) is 2. The van der Waals surface area contributed by atoms with Gasteiger partial charge in [-0.2, -0.15) is 0 Å². The Morgan fingerprint density at radius 1 is 1.04 bits per heavy atom. The van der Waals surface area contributed by atoms with Gasteiger partial charge in [0.2, 0.25) is 5.91 Å². The SMILES string of the molecule is CCc1ccccc1NC(=O)CN(C)C(=O)COC(=O)c1ccc(OC)cc1. The van der Waals surface area contributed by atoms with Crippen LogP contribution in [-0.2, 0) is 20.7 Å². The zero-order valence-corrected chi connectivity index (χ0v) is 16.2. The Hall–Kier alpha value is -3.35. The zero-order chi connectivity index (χ0) is 20.5. The number of hydrogen-bond acceptors (Lipinski definition) is 5. The number of nitrogens with zero attached hydrogens (tertiary/aromatic N) is 1. The lowest BCUT2D eigenvalue weighted by molar-refractivity contribution is -0.136. The molecule has 0 spiro atoms. The van der Waals surface area contributed by atoms with Gasteiger partial charge in [-0.3, -0.25) is 9.59 Å². The minimum Gasteiger partial charge on any atom is -0.497 e. The molecule has 2 aromatic rings. The van der Waals surface area contributed by atoms with Crippen molar-refractivity contribution in [2.24, 2.45) is 0 Å². The van der Waals surface area contributed by atoms with Crippen molar-refractivity contribution in [3.05, 3.63) is 59.7 Å². The Bertz CT molecular complexity index is 833. The summed E-state index contributed by atoms with van der Waals surface area (Å²) < 4.78 is 10.0.